The molecule has 0 amide bonds. The second-order valence-corrected chi connectivity index (χ2v) is 7.06. The van der Waals surface area contributed by atoms with Gasteiger partial charge in [-0.3, -0.25) is 0 Å². The third kappa shape index (κ3) is 9.73. The summed E-state index contributed by atoms with van der Waals surface area (Å²) in [5, 5.41) is 10.6. The van der Waals surface area contributed by atoms with E-state index in [-0.39, 0.29) is 11.2 Å². The van der Waals surface area contributed by atoms with Crippen molar-refractivity contribution in [3.8, 4) is 0 Å². The van der Waals surface area contributed by atoms with Crippen LogP contribution in [0.2, 0.25) is 0 Å². The first-order chi connectivity index (χ1) is 9.39. The lowest BCUT2D eigenvalue weighted by molar-refractivity contribution is 0.229. The quantitative estimate of drug-likeness (QED) is 0.378. The fourth-order valence-electron chi connectivity index (χ4n) is 2.44. The zero-order valence-corrected chi connectivity index (χ0v) is 14.9. The Labute approximate surface area is 127 Å². The minimum absolute atomic E-state index is 0.0245. The van der Waals surface area contributed by atoms with E-state index in [0.717, 1.165) is 6.54 Å². The van der Waals surface area contributed by atoms with Gasteiger partial charge >= 0.3 is 0 Å². The van der Waals surface area contributed by atoms with Gasteiger partial charge in [0, 0.05) is 12.1 Å². The van der Waals surface area contributed by atoms with Gasteiger partial charge in [0.05, 0.1) is 5.66 Å². The lowest BCUT2D eigenvalue weighted by Gasteiger charge is -2.36. The first-order valence-corrected chi connectivity index (χ1v) is 8.52. The molecule has 0 aliphatic rings. The molecule has 0 fully saturated rings. The van der Waals surface area contributed by atoms with Crippen LogP contribution in [0.25, 0.3) is 0 Å². The summed E-state index contributed by atoms with van der Waals surface area (Å²) in [6.07, 6.45) is 10.7. The van der Waals surface area contributed by atoms with E-state index in [1.54, 1.807) is 0 Å². The molecule has 0 saturated carbocycles. The second kappa shape index (κ2) is 10.6. The van der Waals surface area contributed by atoms with E-state index in [1.165, 1.54) is 51.4 Å². The van der Waals surface area contributed by atoms with Crippen molar-refractivity contribution >= 4 is 0 Å². The van der Waals surface area contributed by atoms with E-state index >= 15 is 0 Å². The number of nitrogens with one attached hydrogen (secondary N) is 3. The number of hydrogen-bond acceptors (Lipinski definition) is 3. The van der Waals surface area contributed by atoms with Crippen LogP contribution in [0.3, 0.4) is 0 Å². The average Bonchev–Trinajstić information content (AvgIpc) is 2.41. The fraction of sp³-hybridized carbons (Fsp3) is 1.00. The Hall–Kier alpha value is -0.120. The highest BCUT2D eigenvalue weighted by Gasteiger charge is 2.26. The summed E-state index contributed by atoms with van der Waals surface area (Å²) < 4.78 is 0. The van der Waals surface area contributed by atoms with Gasteiger partial charge in [0.25, 0.3) is 0 Å². The van der Waals surface area contributed by atoms with Crippen molar-refractivity contribution in [2.45, 2.75) is 90.3 Å². The molecular formula is C17H39N3. The van der Waals surface area contributed by atoms with Gasteiger partial charge in [0.15, 0.2) is 0 Å². The topological polar surface area (TPSA) is 36.1 Å². The summed E-state index contributed by atoms with van der Waals surface area (Å²) in [4.78, 5) is 0. The zero-order valence-electron chi connectivity index (χ0n) is 14.9. The van der Waals surface area contributed by atoms with Crippen LogP contribution in [0.15, 0.2) is 0 Å². The maximum atomic E-state index is 3.61. The average molecular weight is 286 g/mol. The third-order valence-corrected chi connectivity index (χ3v) is 4.08. The Balaban J connectivity index is 3.94. The van der Waals surface area contributed by atoms with Crippen LogP contribution in [0.1, 0.15) is 79.1 Å². The maximum Gasteiger partial charge on any atom is 0.0810 e. The smallest absolute Gasteiger partial charge is 0.0810 e. The van der Waals surface area contributed by atoms with Crippen LogP contribution >= 0.6 is 0 Å². The monoisotopic (exact) mass is 285 g/mol. The molecule has 0 atom stereocenters. The van der Waals surface area contributed by atoms with E-state index in [4.69, 9.17) is 0 Å². The molecule has 0 aromatic rings. The highest BCUT2D eigenvalue weighted by atomic mass is 15.2. The second-order valence-electron chi connectivity index (χ2n) is 7.06. The largest absolute Gasteiger partial charge is 0.309 e. The van der Waals surface area contributed by atoms with Crippen LogP contribution in [-0.2, 0) is 0 Å². The van der Waals surface area contributed by atoms with Crippen LogP contribution in [0.4, 0.5) is 0 Å². The fourth-order valence-corrected chi connectivity index (χ4v) is 2.44. The molecule has 0 aromatic carbocycles. The maximum absolute atomic E-state index is 3.61. The summed E-state index contributed by atoms with van der Waals surface area (Å²) in [5.74, 6) is 0. The number of hydrogen-bond donors (Lipinski definition) is 3. The Morgan fingerprint density at radius 2 is 1.25 bits per heavy atom. The lowest BCUT2D eigenvalue weighted by atomic mass is 9.98. The first-order valence-electron chi connectivity index (χ1n) is 8.52. The summed E-state index contributed by atoms with van der Waals surface area (Å²) in [6, 6.07) is 0. The van der Waals surface area contributed by atoms with Gasteiger partial charge in [-0.2, -0.15) is 0 Å². The molecule has 3 nitrogen and oxygen atoms in total. The van der Waals surface area contributed by atoms with E-state index in [2.05, 4.69) is 57.7 Å². The lowest BCUT2D eigenvalue weighted by Crippen LogP contribution is -2.62. The van der Waals surface area contributed by atoms with Crippen LogP contribution in [0, 0.1) is 0 Å². The van der Waals surface area contributed by atoms with Crippen molar-refractivity contribution in [1.29, 1.82) is 0 Å². The van der Waals surface area contributed by atoms with Gasteiger partial charge < -0.3 is 16.0 Å². The summed E-state index contributed by atoms with van der Waals surface area (Å²) in [7, 11) is 4.12. The molecule has 122 valence electrons. The zero-order chi connectivity index (χ0) is 15.5. The summed E-state index contributed by atoms with van der Waals surface area (Å²) in [6.45, 7) is 9.89. The van der Waals surface area contributed by atoms with Crippen LogP contribution < -0.4 is 16.0 Å². The minimum Gasteiger partial charge on any atom is -0.309 e. The van der Waals surface area contributed by atoms with Gasteiger partial charge in [-0.05, 0) is 41.3 Å². The van der Waals surface area contributed by atoms with Crippen molar-refractivity contribution in [2.24, 2.45) is 0 Å². The highest BCUT2D eigenvalue weighted by molar-refractivity contribution is 4.87. The molecule has 0 heterocycles. The van der Waals surface area contributed by atoms with Crippen LogP contribution in [0.5, 0.6) is 0 Å². The Bertz CT molecular complexity index is 217. The van der Waals surface area contributed by atoms with E-state index in [9.17, 15) is 0 Å². The molecule has 0 aromatic heterocycles. The van der Waals surface area contributed by atoms with Gasteiger partial charge in [-0.25, -0.2) is 0 Å². The molecule has 3 heteroatoms. The van der Waals surface area contributed by atoms with E-state index in [0.29, 0.717) is 0 Å². The summed E-state index contributed by atoms with van der Waals surface area (Å²) >= 11 is 0. The summed E-state index contributed by atoms with van der Waals surface area (Å²) in [5.41, 5.74) is 0.190. The predicted molar refractivity (Wildman–Crippen MR) is 91.2 cm³/mol. The third-order valence-electron chi connectivity index (χ3n) is 4.08. The number of unbranched alkanes of at least 4 members (excludes halogenated alkanes) is 6. The molecule has 0 unspecified atom stereocenters. The normalized spacial score (nSPS) is 12.9. The SMILES string of the molecule is CCCCCCCCCC(CNC(C)(C)C)(NC)NC. The number of likely N-dealkylation sites (N-methyl/N-ethyl adjacent to an activating group) is 2. The Kier molecular flexibility index (Phi) is 10.5. The van der Waals surface area contributed by atoms with Crippen molar-refractivity contribution in [1.82, 2.24) is 16.0 Å². The van der Waals surface area contributed by atoms with Crippen molar-refractivity contribution in [3.63, 3.8) is 0 Å². The van der Waals surface area contributed by atoms with Crippen molar-refractivity contribution in [3.05, 3.63) is 0 Å². The molecule has 20 heavy (non-hydrogen) atoms. The highest BCUT2D eigenvalue weighted by Crippen LogP contribution is 2.15. The van der Waals surface area contributed by atoms with Crippen molar-refractivity contribution in [2.75, 3.05) is 20.6 Å². The predicted octanol–water partition coefficient (Wildman–Crippen LogP) is 3.65. The molecule has 0 bridgehead atoms. The standard InChI is InChI=1S/C17H39N3/c1-7-8-9-10-11-12-13-14-17(18-5,19-6)15-20-16(2,3)4/h18-20H,7-15H2,1-6H3. The molecule has 0 aliphatic carbocycles. The van der Waals surface area contributed by atoms with E-state index in [1.807, 2.05) is 0 Å². The molecular weight excluding hydrogens is 246 g/mol. The molecule has 0 saturated heterocycles. The molecule has 0 spiro atoms. The minimum atomic E-state index is 0.0245. The van der Waals surface area contributed by atoms with E-state index < -0.39 is 0 Å². The van der Waals surface area contributed by atoms with Gasteiger partial charge in [0.1, 0.15) is 0 Å². The Morgan fingerprint density at radius 3 is 1.70 bits per heavy atom. The number of rotatable bonds is 12. The van der Waals surface area contributed by atoms with Gasteiger partial charge in [-0.15, -0.1) is 0 Å². The molecule has 3 N–H and O–H groups in total. The first kappa shape index (κ1) is 19.9. The van der Waals surface area contributed by atoms with Gasteiger partial charge in [0.2, 0.25) is 0 Å². The molecule has 0 rings (SSSR count). The van der Waals surface area contributed by atoms with Gasteiger partial charge in [-0.1, -0.05) is 51.9 Å². The molecule has 0 aliphatic heterocycles. The molecule has 0 radical (unpaired) electrons. The van der Waals surface area contributed by atoms with Crippen molar-refractivity contribution < 1.29 is 0 Å². The Morgan fingerprint density at radius 1 is 0.750 bits per heavy atom. The van der Waals surface area contributed by atoms with Crippen LogP contribution in [-0.4, -0.2) is 31.8 Å².